The Hall–Kier alpha value is -0.690. The monoisotopic (exact) mass is 352 g/mol. The first kappa shape index (κ1) is 19.6. The van der Waals surface area contributed by atoms with Gasteiger partial charge in [0.1, 0.15) is 30.7 Å². The van der Waals surface area contributed by atoms with Gasteiger partial charge in [0.15, 0.2) is 6.29 Å². The van der Waals surface area contributed by atoms with Gasteiger partial charge in [-0.2, -0.15) is 0 Å². The highest BCUT2D eigenvalue weighted by atomic mass is 16.7. The summed E-state index contributed by atoms with van der Waals surface area (Å²) in [5.41, 5.74) is 0. The molecule has 10 heteroatoms. The zero-order valence-electron chi connectivity index (χ0n) is 12.8. The lowest BCUT2D eigenvalue weighted by atomic mass is 9.81. The molecule has 1 saturated carbocycles. The molecule has 24 heavy (non-hydrogen) atoms. The maximum atomic E-state index is 11.2. The Balaban J connectivity index is 2.13. The average molecular weight is 352 g/mol. The lowest BCUT2D eigenvalue weighted by Crippen LogP contribution is -2.60. The third-order valence-electron chi connectivity index (χ3n) is 4.73. The molecule has 1 saturated heterocycles. The van der Waals surface area contributed by atoms with E-state index in [2.05, 4.69) is 0 Å². The fourth-order valence-corrected chi connectivity index (χ4v) is 3.14. The van der Waals surface area contributed by atoms with E-state index in [9.17, 15) is 40.5 Å². The molecule has 0 aromatic rings. The molecule has 1 aliphatic heterocycles. The van der Waals surface area contributed by atoms with Crippen molar-refractivity contribution in [3.63, 3.8) is 0 Å². The van der Waals surface area contributed by atoms with E-state index in [1.54, 1.807) is 0 Å². The molecule has 2 rings (SSSR count). The van der Waals surface area contributed by atoms with E-state index >= 15 is 0 Å². The molecule has 0 aromatic carbocycles. The van der Waals surface area contributed by atoms with Gasteiger partial charge in [0.25, 0.3) is 0 Å². The number of carbonyl (C=O) groups is 1. The molecule has 7 N–H and O–H groups in total. The lowest BCUT2D eigenvalue weighted by molar-refractivity contribution is -0.307. The van der Waals surface area contributed by atoms with Gasteiger partial charge < -0.3 is 50.0 Å². The summed E-state index contributed by atoms with van der Waals surface area (Å²) in [7, 11) is 0. The van der Waals surface area contributed by atoms with Gasteiger partial charge in [-0.25, -0.2) is 0 Å². The number of ether oxygens (including phenoxy) is 2. The summed E-state index contributed by atoms with van der Waals surface area (Å²) in [5.74, 6) is -2.03. The van der Waals surface area contributed by atoms with Crippen LogP contribution in [0.3, 0.4) is 0 Å². The van der Waals surface area contributed by atoms with Crippen molar-refractivity contribution >= 4 is 6.29 Å². The highest BCUT2D eigenvalue weighted by molar-refractivity contribution is 5.55. The van der Waals surface area contributed by atoms with E-state index in [-0.39, 0.29) is 6.42 Å². The third kappa shape index (κ3) is 3.62. The summed E-state index contributed by atoms with van der Waals surface area (Å²) in [4.78, 5) is 11.2. The Bertz CT molecular complexity index is 418. The molecule has 1 heterocycles. The molecule has 10 atom stereocenters. The number of aliphatic hydroxyl groups is 7. The van der Waals surface area contributed by atoms with E-state index in [0.717, 1.165) is 0 Å². The first-order valence-corrected chi connectivity index (χ1v) is 7.73. The molecule has 1 aliphatic carbocycles. The Kier molecular flexibility index (Phi) is 6.65. The highest BCUT2D eigenvalue weighted by Gasteiger charge is 2.49. The molecule has 6 unspecified atom stereocenters. The summed E-state index contributed by atoms with van der Waals surface area (Å²) in [6, 6.07) is 0. The maximum absolute atomic E-state index is 11.2. The molecule has 0 amide bonds. The van der Waals surface area contributed by atoms with Gasteiger partial charge in [-0.05, 0) is 6.42 Å². The van der Waals surface area contributed by atoms with Crippen LogP contribution in [0.1, 0.15) is 6.42 Å². The van der Waals surface area contributed by atoms with Crippen LogP contribution >= 0.6 is 0 Å². The normalized spacial score (nSPS) is 49.8. The zero-order chi connectivity index (χ0) is 18.0. The van der Waals surface area contributed by atoms with E-state index in [4.69, 9.17) is 9.47 Å². The lowest BCUT2D eigenvalue weighted by Gasteiger charge is -2.44. The SMILES string of the molecule is O=CC1C(O)[C@H](O)C(CO)O[C@@H]1O[C@@H]1CC(CO)[C@H](O)C(O)C1O. The second-order valence-electron chi connectivity index (χ2n) is 6.24. The van der Waals surface area contributed by atoms with Crippen molar-refractivity contribution < 1.29 is 50.0 Å². The summed E-state index contributed by atoms with van der Waals surface area (Å²) in [6.07, 6.45) is -10.8. The van der Waals surface area contributed by atoms with Crippen LogP contribution in [0.25, 0.3) is 0 Å². The van der Waals surface area contributed by atoms with E-state index in [1.807, 2.05) is 0 Å². The summed E-state index contributed by atoms with van der Waals surface area (Å²) < 4.78 is 10.8. The minimum absolute atomic E-state index is 0.0240. The Labute approximate surface area is 137 Å². The number of carbonyl (C=O) groups excluding carboxylic acids is 1. The summed E-state index contributed by atoms with van der Waals surface area (Å²) in [6.45, 7) is -1.08. The summed E-state index contributed by atoms with van der Waals surface area (Å²) in [5, 5.41) is 67.8. The highest BCUT2D eigenvalue weighted by Crippen LogP contribution is 2.32. The van der Waals surface area contributed by atoms with Gasteiger partial charge in [-0.15, -0.1) is 0 Å². The molecule has 0 spiro atoms. The Morgan fingerprint density at radius 2 is 1.58 bits per heavy atom. The van der Waals surface area contributed by atoms with Crippen LogP contribution in [0.2, 0.25) is 0 Å². The number of hydrogen-bond acceptors (Lipinski definition) is 10. The van der Waals surface area contributed by atoms with Gasteiger partial charge in [0, 0.05) is 12.5 Å². The maximum Gasteiger partial charge on any atom is 0.170 e. The van der Waals surface area contributed by atoms with Crippen LogP contribution in [0.4, 0.5) is 0 Å². The Morgan fingerprint density at radius 1 is 0.917 bits per heavy atom. The van der Waals surface area contributed by atoms with Crippen molar-refractivity contribution in [2.45, 2.75) is 55.4 Å². The van der Waals surface area contributed by atoms with Gasteiger partial charge in [0.05, 0.1) is 30.8 Å². The number of aldehydes is 1. The average Bonchev–Trinajstić information content (AvgIpc) is 2.58. The number of rotatable bonds is 5. The van der Waals surface area contributed by atoms with Gasteiger partial charge in [-0.3, -0.25) is 0 Å². The number of aliphatic hydroxyl groups excluding tert-OH is 7. The predicted octanol–water partition coefficient (Wildman–Crippen LogP) is -4.28. The van der Waals surface area contributed by atoms with E-state index in [0.29, 0.717) is 6.29 Å². The van der Waals surface area contributed by atoms with Crippen molar-refractivity contribution in [1.29, 1.82) is 0 Å². The molecule has 140 valence electrons. The topological polar surface area (TPSA) is 177 Å². The van der Waals surface area contributed by atoms with Crippen molar-refractivity contribution in [3.05, 3.63) is 0 Å². The first-order valence-electron chi connectivity index (χ1n) is 7.73. The van der Waals surface area contributed by atoms with Gasteiger partial charge >= 0.3 is 0 Å². The molecule has 10 nitrogen and oxygen atoms in total. The van der Waals surface area contributed by atoms with E-state index < -0.39 is 74.1 Å². The predicted molar refractivity (Wildman–Crippen MR) is 75.4 cm³/mol. The molecular weight excluding hydrogens is 328 g/mol. The molecule has 0 radical (unpaired) electrons. The van der Waals surface area contributed by atoms with Crippen LogP contribution < -0.4 is 0 Å². The van der Waals surface area contributed by atoms with Crippen LogP contribution in [0, 0.1) is 11.8 Å². The Morgan fingerprint density at radius 3 is 2.12 bits per heavy atom. The second-order valence-corrected chi connectivity index (χ2v) is 6.24. The zero-order valence-corrected chi connectivity index (χ0v) is 12.8. The second kappa shape index (κ2) is 8.13. The summed E-state index contributed by atoms with van der Waals surface area (Å²) >= 11 is 0. The van der Waals surface area contributed by atoms with E-state index in [1.165, 1.54) is 0 Å². The fourth-order valence-electron chi connectivity index (χ4n) is 3.14. The van der Waals surface area contributed by atoms with Gasteiger partial charge in [0.2, 0.25) is 0 Å². The number of hydrogen-bond donors (Lipinski definition) is 7. The van der Waals surface area contributed by atoms with Crippen LogP contribution in [-0.4, -0.2) is 104 Å². The van der Waals surface area contributed by atoms with Crippen molar-refractivity contribution in [3.8, 4) is 0 Å². The standard InChI is InChI=1S/C14H24O10/c15-2-5-1-7(11(20)13(22)9(5)18)23-14-6(3-16)10(19)12(21)8(4-17)24-14/h3,5-15,17-22H,1-2,4H2/t5?,6?,7-,8?,9+,10?,11?,12-,13?,14+/m1/s1. The van der Waals surface area contributed by atoms with Crippen LogP contribution in [0.5, 0.6) is 0 Å². The minimum Gasteiger partial charge on any atom is -0.396 e. The van der Waals surface area contributed by atoms with Gasteiger partial charge in [-0.1, -0.05) is 0 Å². The molecule has 2 fully saturated rings. The first-order chi connectivity index (χ1) is 11.3. The third-order valence-corrected chi connectivity index (χ3v) is 4.73. The van der Waals surface area contributed by atoms with Crippen molar-refractivity contribution in [2.24, 2.45) is 11.8 Å². The molecule has 0 aromatic heterocycles. The van der Waals surface area contributed by atoms with Crippen LogP contribution in [0.15, 0.2) is 0 Å². The molecule has 2 aliphatic rings. The van der Waals surface area contributed by atoms with Crippen LogP contribution in [-0.2, 0) is 14.3 Å². The van der Waals surface area contributed by atoms with Crippen molar-refractivity contribution in [1.82, 2.24) is 0 Å². The largest absolute Gasteiger partial charge is 0.396 e. The fraction of sp³-hybridized carbons (Fsp3) is 0.929. The molecule has 0 bridgehead atoms. The van der Waals surface area contributed by atoms with Crippen molar-refractivity contribution in [2.75, 3.05) is 13.2 Å². The smallest absolute Gasteiger partial charge is 0.170 e. The quantitative estimate of drug-likeness (QED) is 0.240. The minimum atomic E-state index is -1.57. The molecular formula is C14H24O10.